The van der Waals surface area contributed by atoms with Gasteiger partial charge in [-0.2, -0.15) is 0 Å². The van der Waals surface area contributed by atoms with Crippen LogP contribution in [0.5, 0.6) is 0 Å². The average molecular weight is 304 g/mol. The molecule has 1 aromatic carbocycles. The second-order valence-corrected chi connectivity index (χ2v) is 8.05. The van der Waals surface area contributed by atoms with Crippen molar-refractivity contribution >= 4 is 6.09 Å². The van der Waals surface area contributed by atoms with Gasteiger partial charge in [-0.05, 0) is 37.3 Å². The molecule has 0 fully saturated rings. The molecule has 122 valence electrons. The molecule has 0 saturated carbocycles. The van der Waals surface area contributed by atoms with E-state index in [-0.39, 0.29) is 11.5 Å². The Labute approximate surface area is 133 Å². The SMILES string of the molecule is CC(C)(C)OC(=O)NCN1Cc2ccccc2C1C(C)(C)C. The van der Waals surface area contributed by atoms with E-state index in [0.717, 1.165) is 6.54 Å². The highest BCUT2D eigenvalue weighted by Crippen LogP contribution is 2.44. The number of fused-ring (bicyclic) bond motifs is 1. The van der Waals surface area contributed by atoms with Crippen molar-refractivity contribution < 1.29 is 9.53 Å². The Hall–Kier alpha value is -1.55. The minimum Gasteiger partial charge on any atom is -0.444 e. The van der Waals surface area contributed by atoms with Crippen molar-refractivity contribution in [1.82, 2.24) is 10.2 Å². The van der Waals surface area contributed by atoms with Crippen LogP contribution in [-0.4, -0.2) is 23.3 Å². The van der Waals surface area contributed by atoms with Crippen molar-refractivity contribution in [1.29, 1.82) is 0 Å². The van der Waals surface area contributed by atoms with Crippen LogP contribution in [0.3, 0.4) is 0 Å². The highest BCUT2D eigenvalue weighted by Gasteiger charge is 2.38. The van der Waals surface area contributed by atoms with Crippen molar-refractivity contribution in [2.24, 2.45) is 5.41 Å². The van der Waals surface area contributed by atoms with Crippen LogP contribution >= 0.6 is 0 Å². The molecule has 1 amide bonds. The maximum atomic E-state index is 11.9. The number of benzene rings is 1. The molecule has 1 aliphatic heterocycles. The number of nitrogens with zero attached hydrogens (tertiary/aromatic N) is 1. The average Bonchev–Trinajstić information content (AvgIpc) is 2.72. The molecule has 4 heteroatoms. The summed E-state index contributed by atoms with van der Waals surface area (Å²) in [6.45, 7) is 13.7. The Balaban J connectivity index is 2.07. The minimum absolute atomic E-state index is 0.0994. The maximum Gasteiger partial charge on any atom is 0.408 e. The standard InChI is InChI=1S/C18H28N2O2/c1-17(2,3)15-14-10-8-7-9-13(14)11-20(15)12-19-16(21)22-18(4,5)6/h7-10,15H,11-12H2,1-6H3,(H,19,21). The van der Waals surface area contributed by atoms with Crippen LogP contribution in [0.4, 0.5) is 4.79 Å². The van der Waals surface area contributed by atoms with Gasteiger partial charge in [0.2, 0.25) is 0 Å². The first kappa shape index (κ1) is 16.8. The van der Waals surface area contributed by atoms with Gasteiger partial charge in [0.05, 0.1) is 6.67 Å². The van der Waals surface area contributed by atoms with Gasteiger partial charge in [0.25, 0.3) is 0 Å². The molecule has 1 heterocycles. The van der Waals surface area contributed by atoms with Gasteiger partial charge in [-0.1, -0.05) is 45.0 Å². The molecule has 0 saturated heterocycles. The Morgan fingerprint density at radius 2 is 1.86 bits per heavy atom. The summed E-state index contributed by atoms with van der Waals surface area (Å²) in [7, 11) is 0. The number of hydrogen-bond donors (Lipinski definition) is 1. The second-order valence-electron chi connectivity index (χ2n) is 8.05. The molecule has 0 spiro atoms. The van der Waals surface area contributed by atoms with Gasteiger partial charge in [-0.3, -0.25) is 4.90 Å². The Kier molecular flexibility index (Phi) is 4.52. The van der Waals surface area contributed by atoms with E-state index in [1.807, 2.05) is 20.8 Å². The summed E-state index contributed by atoms with van der Waals surface area (Å²) in [6, 6.07) is 8.81. The summed E-state index contributed by atoms with van der Waals surface area (Å²) in [5.74, 6) is 0. The lowest BCUT2D eigenvalue weighted by Gasteiger charge is -2.35. The van der Waals surface area contributed by atoms with Crippen LogP contribution in [0.15, 0.2) is 24.3 Å². The van der Waals surface area contributed by atoms with Crippen LogP contribution in [0, 0.1) is 5.41 Å². The summed E-state index contributed by atoms with van der Waals surface area (Å²) in [5, 5.41) is 2.88. The van der Waals surface area contributed by atoms with Gasteiger partial charge in [0.1, 0.15) is 5.60 Å². The summed E-state index contributed by atoms with van der Waals surface area (Å²) >= 11 is 0. The summed E-state index contributed by atoms with van der Waals surface area (Å²) < 4.78 is 5.32. The number of hydrogen-bond acceptors (Lipinski definition) is 3. The van der Waals surface area contributed by atoms with E-state index in [4.69, 9.17) is 4.74 Å². The fourth-order valence-electron chi connectivity index (χ4n) is 3.09. The smallest absolute Gasteiger partial charge is 0.408 e. The summed E-state index contributed by atoms with van der Waals surface area (Å²) in [4.78, 5) is 14.2. The maximum absolute atomic E-state index is 11.9. The van der Waals surface area contributed by atoms with Gasteiger partial charge in [0, 0.05) is 12.6 Å². The predicted octanol–water partition coefficient (Wildman–Crippen LogP) is 4.07. The quantitative estimate of drug-likeness (QED) is 0.895. The van der Waals surface area contributed by atoms with E-state index in [9.17, 15) is 4.79 Å². The van der Waals surface area contributed by atoms with Crippen molar-refractivity contribution in [3.05, 3.63) is 35.4 Å². The molecular weight excluding hydrogens is 276 g/mol. The number of alkyl carbamates (subject to hydrolysis) is 1. The lowest BCUT2D eigenvalue weighted by atomic mass is 9.82. The van der Waals surface area contributed by atoms with E-state index in [1.165, 1.54) is 11.1 Å². The monoisotopic (exact) mass is 304 g/mol. The first-order chi connectivity index (χ1) is 10.1. The number of carbonyl (C=O) groups excluding carboxylic acids is 1. The van der Waals surface area contributed by atoms with E-state index >= 15 is 0 Å². The first-order valence-electron chi connectivity index (χ1n) is 7.86. The molecule has 2 rings (SSSR count). The van der Waals surface area contributed by atoms with Gasteiger partial charge in [0.15, 0.2) is 0 Å². The highest BCUT2D eigenvalue weighted by molar-refractivity contribution is 5.67. The van der Waals surface area contributed by atoms with Gasteiger partial charge in [-0.25, -0.2) is 4.79 Å². The molecule has 1 N–H and O–H groups in total. The zero-order chi connectivity index (χ0) is 16.5. The topological polar surface area (TPSA) is 41.6 Å². The molecule has 1 aromatic rings. The molecular formula is C18H28N2O2. The number of amides is 1. The lowest BCUT2D eigenvalue weighted by molar-refractivity contribution is 0.0425. The number of carbonyl (C=O) groups is 1. The van der Waals surface area contributed by atoms with Crippen molar-refractivity contribution in [3.8, 4) is 0 Å². The van der Waals surface area contributed by atoms with Crippen molar-refractivity contribution in [2.75, 3.05) is 6.67 Å². The number of ether oxygens (including phenoxy) is 1. The van der Waals surface area contributed by atoms with E-state index in [2.05, 4.69) is 55.3 Å². The van der Waals surface area contributed by atoms with Crippen LogP contribution in [0.2, 0.25) is 0 Å². The second kappa shape index (κ2) is 5.92. The molecule has 0 radical (unpaired) electrons. The zero-order valence-corrected chi connectivity index (χ0v) is 14.6. The fraction of sp³-hybridized carbons (Fsp3) is 0.611. The molecule has 1 unspecified atom stereocenters. The lowest BCUT2D eigenvalue weighted by Crippen LogP contribution is -2.42. The van der Waals surface area contributed by atoms with Gasteiger partial charge in [-0.15, -0.1) is 0 Å². The molecule has 0 aliphatic carbocycles. The van der Waals surface area contributed by atoms with Crippen LogP contribution in [0.25, 0.3) is 0 Å². The van der Waals surface area contributed by atoms with Gasteiger partial charge >= 0.3 is 6.09 Å². The largest absolute Gasteiger partial charge is 0.444 e. The fourth-order valence-corrected chi connectivity index (χ4v) is 3.09. The minimum atomic E-state index is -0.471. The molecule has 1 atom stereocenters. The summed E-state index contributed by atoms with van der Waals surface area (Å²) in [6.07, 6.45) is -0.365. The Morgan fingerprint density at radius 3 is 2.45 bits per heavy atom. The predicted molar refractivity (Wildman–Crippen MR) is 88.4 cm³/mol. The zero-order valence-electron chi connectivity index (χ0n) is 14.6. The molecule has 22 heavy (non-hydrogen) atoms. The molecule has 4 nitrogen and oxygen atoms in total. The van der Waals surface area contributed by atoms with E-state index < -0.39 is 5.60 Å². The van der Waals surface area contributed by atoms with Crippen LogP contribution in [-0.2, 0) is 11.3 Å². The number of rotatable bonds is 2. The summed E-state index contributed by atoms with van der Waals surface area (Å²) in [5.41, 5.74) is 2.33. The van der Waals surface area contributed by atoms with Crippen LogP contribution < -0.4 is 5.32 Å². The normalized spacial score (nSPS) is 18.9. The molecule has 1 aliphatic rings. The first-order valence-corrected chi connectivity index (χ1v) is 7.86. The molecule has 0 aromatic heterocycles. The number of nitrogens with one attached hydrogen (secondary N) is 1. The third-order valence-electron chi connectivity index (χ3n) is 3.73. The third kappa shape index (κ3) is 4.01. The Morgan fingerprint density at radius 1 is 1.23 bits per heavy atom. The van der Waals surface area contributed by atoms with E-state index in [1.54, 1.807) is 0 Å². The van der Waals surface area contributed by atoms with Crippen molar-refractivity contribution in [2.45, 2.75) is 59.7 Å². The molecule has 0 bridgehead atoms. The highest BCUT2D eigenvalue weighted by atomic mass is 16.6. The van der Waals surface area contributed by atoms with Crippen LogP contribution in [0.1, 0.15) is 58.7 Å². The van der Waals surface area contributed by atoms with Gasteiger partial charge < -0.3 is 10.1 Å². The van der Waals surface area contributed by atoms with Crippen molar-refractivity contribution in [3.63, 3.8) is 0 Å². The third-order valence-corrected chi connectivity index (χ3v) is 3.73. The Bertz CT molecular complexity index is 541. The van der Waals surface area contributed by atoms with E-state index in [0.29, 0.717) is 12.7 Å².